The van der Waals surface area contributed by atoms with Crippen LogP contribution in [0.1, 0.15) is 43.1 Å². The van der Waals surface area contributed by atoms with Crippen molar-refractivity contribution < 1.29 is 4.52 Å². The van der Waals surface area contributed by atoms with Crippen molar-refractivity contribution in [3.8, 4) is 10.6 Å². The summed E-state index contributed by atoms with van der Waals surface area (Å²) in [5.41, 5.74) is 2.43. The van der Waals surface area contributed by atoms with Crippen LogP contribution < -0.4 is 0 Å². The Morgan fingerprint density at radius 1 is 1.25 bits per heavy atom. The van der Waals surface area contributed by atoms with Crippen LogP contribution in [0, 0.1) is 0 Å². The molecule has 0 aromatic carbocycles. The molecule has 1 aliphatic heterocycles. The van der Waals surface area contributed by atoms with Crippen molar-refractivity contribution in [2.75, 3.05) is 6.54 Å². The molecule has 1 aliphatic rings. The minimum absolute atomic E-state index is 0.347. The maximum atomic E-state index is 5.64. The van der Waals surface area contributed by atoms with Gasteiger partial charge in [-0.25, -0.2) is 0 Å². The summed E-state index contributed by atoms with van der Waals surface area (Å²) in [6, 6.07) is 11.0. The average Bonchev–Trinajstić information content (AvgIpc) is 3.30. The first-order valence-electron chi connectivity index (χ1n) is 8.66. The Hall–Kier alpha value is -1.85. The summed E-state index contributed by atoms with van der Waals surface area (Å²) in [6.07, 6.45) is 7.09. The van der Waals surface area contributed by atoms with Crippen LogP contribution in [0.4, 0.5) is 0 Å². The molecule has 24 heavy (non-hydrogen) atoms. The number of rotatable bonds is 4. The molecule has 0 aliphatic carbocycles. The summed E-state index contributed by atoms with van der Waals surface area (Å²) in [7, 11) is 2.12. The van der Waals surface area contributed by atoms with Crippen molar-refractivity contribution in [3.05, 3.63) is 53.3 Å². The summed E-state index contributed by atoms with van der Waals surface area (Å²) in [4.78, 5) is 3.72. The van der Waals surface area contributed by atoms with Gasteiger partial charge in [-0.1, -0.05) is 24.1 Å². The molecule has 0 bridgehead atoms. The van der Waals surface area contributed by atoms with Crippen molar-refractivity contribution in [3.63, 3.8) is 0 Å². The third-order valence-corrected chi connectivity index (χ3v) is 5.80. The van der Waals surface area contributed by atoms with E-state index in [1.165, 1.54) is 25.0 Å². The summed E-state index contributed by atoms with van der Waals surface area (Å²) in [5, 5.41) is 6.50. The van der Waals surface area contributed by atoms with Gasteiger partial charge in [-0.15, -0.1) is 11.3 Å². The van der Waals surface area contributed by atoms with E-state index in [9.17, 15) is 0 Å². The zero-order chi connectivity index (χ0) is 16.4. The van der Waals surface area contributed by atoms with Crippen LogP contribution in [0.2, 0.25) is 0 Å². The maximum Gasteiger partial charge on any atom is 0.177 e. The first kappa shape index (κ1) is 15.7. The molecular weight excluding hydrogens is 318 g/mol. The fourth-order valence-corrected chi connectivity index (χ4v) is 4.21. The van der Waals surface area contributed by atoms with E-state index in [0.29, 0.717) is 6.04 Å². The fraction of sp³-hybridized carbons (Fsp3) is 0.421. The van der Waals surface area contributed by atoms with Crippen molar-refractivity contribution >= 4 is 11.3 Å². The minimum Gasteiger partial charge on any atom is -0.355 e. The largest absolute Gasteiger partial charge is 0.355 e. The normalized spacial score (nSPS) is 19.5. The molecule has 0 unspecified atom stereocenters. The predicted octanol–water partition coefficient (Wildman–Crippen LogP) is 4.86. The molecule has 4 heterocycles. The van der Waals surface area contributed by atoms with Gasteiger partial charge in [-0.3, -0.25) is 4.90 Å². The van der Waals surface area contributed by atoms with Crippen LogP contribution >= 0.6 is 11.3 Å². The van der Waals surface area contributed by atoms with Gasteiger partial charge in [-0.05, 0) is 43.0 Å². The highest BCUT2D eigenvalue weighted by Gasteiger charge is 2.26. The molecule has 0 N–H and O–H groups in total. The number of hydrogen-bond donors (Lipinski definition) is 0. The second kappa shape index (κ2) is 6.95. The Kier molecular flexibility index (Phi) is 4.54. The fourth-order valence-electron chi connectivity index (χ4n) is 3.54. The molecule has 1 atom stereocenters. The van der Waals surface area contributed by atoms with E-state index < -0.39 is 0 Å². The van der Waals surface area contributed by atoms with Gasteiger partial charge in [0, 0.05) is 31.5 Å². The second-order valence-electron chi connectivity index (χ2n) is 6.54. The Labute approximate surface area is 146 Å². The number of thiophene rings is 1. The van der Waals surface area contributed by atoms with Gasteiger partial charge in [0.2, 0.25) is 0 Å². The van der Waals surface area contributed by atoms with Crippen LogP contribution in [0.25, 0.3) is 10.6 Å². The third-order valence-electron chi connectivity index (χ3n) is 4.91. The molecule has 0 radical (unpaired) electrons. The van der Waals surface area contributed by atoms with Gasteiger partial charge in [0.05, 0.1) is 10.9 Å². The van der Waals surface area contributed by atoms with Crippen LogP contribution in [-0.2, 0) is 13.6 Å². The highest BCUT2D eigenvalue weighted by atomic mass is 32.1. The molecule has 0 spiro atoms. The molecule has 4 nitrogen and oxygen atoms in total. The highest BCUT2D eigenvalue weighted by Crippen LogP contribution is 2.34. The Bertz CT molecular complexity index is 774. The predicted molar refractivity (Wildman–Crippen MR) is 96.8 cm³/mol. The SMILES string of the molecule is Cn1cccc1CN1CCCCC[C@@H]1c1cc(-c2cccs2)on1. The van der Waals surface area contributed by atoms with Gasteiger partial charge in [0.25, 0.3) is 0 Å². The number of likely N-dealkylation sites (tertiary alicyclic amines) is 1. The Morgan fingerprint density at radius 3 is 3.00 bits per heavy atom. The lowest BCUT2D eigenvalue weighted by Gasteiger charge is -2.28. The van der Waals surface area contributed by atoms with Crippen molar-refractivity contribution in [1.82, 2.24) is 14.6 Å². The van der Waals surface area contributed by atoms with E-state index in [-0.39, 0.29) is 0 Å². The number of aryl methyl sites for hydroxylation is 1. The summed E-state index contributed by atoms with van der Waals surface area (Å²) < 4.78 is 7.85. The lowest BCUT2D eigenvalue weighted by atomic mass is 10.1. The number of aromatic nitrogens is 2. The number of nitrogens with zero attached hydrogens (tertiary/aromatic N) is 3. The van der Waals surface area contributed by atoms with Crippen molar-refractivity contribution in [2.24, 2.45) is 7.05 Å². The molecule has 0 saturated carbocycles. The standard InChI is InChI=1S/C19H23N3OS/c1-21-10-5-7-15(21)14-22-11-4-2-3-8-17(22)16-13-18(23-20-16)19-9-6-12-24-19/h5-7,9-10,12-13,17H,2-4,8,11,14H2,1H3/t17-/m1/s1. The van der Waals surface area contributed by atoms with Crippen LogP contribution in [0.3, 0.4) is 0 Å². The van der Waals surface area contributed by atoms with Crippen LogP contribution in [0.15, 0.2) is 46.4 Å². The first-order chi connectivity index (χ1) is 11.8. The molecule has 1 fully saturated rings. The average molecular weight is 341 g/mol. The van der Waals surface area contributed by atoms with E-state index in [1.54, 1.807) is 11.3 Å². The Balaban J connectivity index is 1.59. The summed E-state index contributed by atoms with van der Waals surface area (Å²) in [5.74, 6) is 0.892. The zero-order valence-corrected chi connectivity index (χ0v) is 14.8. The molecule has 5 heteroatoms. The topological polar surface area (TPSA) is 34.2 Å². The molecule has 1 saturated heterocycles. The molecule has 3 aromatic rings. The van der Waals surface area contributed by atoms with E-state index >= 15 is 0 Å². The van der Waals surface area contributed by atoms with E-state index in [2.05, 4.69) is 63.6 Å². The van der Waals surface area contributed by atoms with E-state index in [4.69, 9.17) is 4.52 Å². The van der Waals surface area contributed by atoms with E-state index in [0.717, 1.165) is 35.8 Å². The minimum atomic E-state index is 0.347. The molecule has 126 valence electrons. The van der Waals surface area contributed by atoms with Gasteiger partial charge in [-0.2, -0.15) is 0 Å². The lowest BCUT2D eigenvalue weighted by Crippen LogP contribution is -2.29. The second-order valence-corrected chi connectivity index (χ2v) is 7.49. The molecule has 0 amide bonds. The van der Waals surface area contributed by atoms with Crippen LogP contribution in [-0.4, -0.2) is 21.2 Å². The van der Waals surface area contributed by atoms with Crippen molar-refractivity contribution in [2.45, 2.75) is 38.3 Å². The third kappa shape index (κ3) is 3.19. The van der Waals surface area contributed by atoms with E-state index in [1.807, 2.05) is 0 Å². The Morgan fingerprint density at radius 2 is 2.21 bits per heavy atom. The molecule has 4 rings (SSSR count). The van der Waals surface area contributed by atoms with Crippen molar-refractivity contribution in [1.29, 1.82) is 0 Å². The summed E-state index contributed by atoms with van der Waals surface area (Å²) >= 11 is 1.70. The quantitative estimate of drug-likeness (QED) is 0.680. The maximum absolute atomic E-state index is 5.64. The number of hydrogen-bond acceptors (Lipinski definition) is 4. The monoisotopic (exact) mass is 341 g/mol. The van der Waals surface area contributed by atoms with Crippen LogP contribution in [0.5, 0.6) is 0 Å². The van der Waals surface area contributed by atoms with Gasteiger partial charge >= 0.3 is 0 Å². The first-order valence-corrected chi connectivity index (χ1v) is 9.54. The van der Waals surface area contributed by atoms with Gasteiger partial charge in [0.1, 0.15) is 5.69 Å². The van der Waals surface area contributed by atoms with Gasteiger partial charge in [0.15, 0.2) is 5.76 Å². The highest BCUT2D eigenvalue weighted by molar-refractivity contribution is 7.13. The molecular formula is C19H23N3OS. The summed E-state index contributed by atoms with van der Waals surface area (Å²) in [6.45, 7) is 2.09. The smallest absolute Gasteiger partial charge is 0.177 e. The zero-order valence-electron chi connectivity index (χ0n) is 14.0. The molecule has 3 aromatic heterocycles. The lowest BCUT2D eigenvalue weighted by molar-refractivity contribution is 0.180. The van der Waals surface area contributed by atoms with Gasteiger partial charge < -0.3 is 9.09 Å².